The molecule has 8 heteroatoms. The van der Waals surface area contributed by atoms with E-state index in [1.165, 1.54) is 5.57 Å². The van der Waals surface area contributed by atoms with Crippen LogP contribution in [-0.2, 0) is 4.79 Å². The predicted molar refractivity (Wildman–Crippen MR) is 134 cm³/mol. The Balaban J connectivity index is 1.07. The standard InChI is InChI=1S/C27H37N5O3/c1-19(2)25-29-27(35-30-25)32-15-11-20(12-16-32)18-34-23-9-10-24(28-17-23)21-5-7-22(8-6-21)26(33)31-13-3-4-14-31/h5,9-10,17,19-20,22H,3-4,6-8,11-16,18H2,1-2H3. The minimum atomic E-state index is 0.142. The SMILES string of the molecule is CC(C)c1noc(N2CCC(COc3ccc(C4=CCC(C(=O)N5CCCC5)CC4)nc3)CC2)n1. The van der Waals surface area contributed by atoms with Crippen LogP contribution >= 0.6 is 0 Å². The number of carbonyl (C=O) groups excluding carboxylic acids is 1. The molecule has 2 saturated heterocycles. The molecule has 1 unspecified atom stereocenters. The number of hydrogen-bond acceptors (Lipinski definition) is 7. The van der Waals surface area contributed by atoms with Gasteiger partial charge in [0.05, 0.1) is 18.5 Å². The third-order valence-corrected chi connectivity index (χ3v) is 7.56. The number of hydrogen-bond donors (Lipinski definition) is 0. The zero-order valence-electron chi connectivity index (χ0n) is 21.0. The van der Waals surface area contributed by atoms with Crippen molar-refractivity contribution in [2.45, 2.75) is 64.7 Å². The van der Waals surface area contributed by atoms with Crippen LogP contribution in [0.3, 0.4) is 0 Å². The van der Waals surface area contributed by atoms with Crippen LogP contribution < -0.4 is 9.64 Å². The van der Waals surface area contributed by atoms with E-state index < -0.39 is 0 Å². The second kappa shape index (κ2) is 10.8. The molecule has 1 aliphatic carbocycles. The summed E-state index contributed by atoms with van der Waals surface area (Å²) >= 11 is 0. The van der Waals surface area contributed by atoms with Crippen molar-refractivity contribution in [1.82, 2.24) is 20.0 Å². The Kier molecular flexibility index (Phi) is 7.35. The van der Waals surface area contributed by atoms with Gasteiger partial charge in [0.15, 0.2) is 5.82 Å². The average molecular weight is 480 g/mol. The molecule has 2 fully saturated rings. The first-order valence-electron chi connectivity index (χ1n) is 13.2. The quantitative estimate of drug-likeness (QED) is 0.570. The lowest BCUT2D eigenvalue weighted by Crippen LogP contribution is -2.35. The number of ether oxygens (including phenoxy) is 1. The van der Waals surface area contributed by atoms with Crippen molar-refractivity contribution in [1.29, 1.82) is 0 Å². The van der Waals surface area contributed by atoms with Crippen molar-refractivity contribution < 1.29 is 14.1 Å². The van der Waals surface area contributed by atoms with Gasteiger partial charge in [-0.1, -0.05) is 25.1 Å². The smallest absolute Gasteiger partial charge is 0.324 e. The Labute approximate surface area is 207 Å². The fraction of sp³-hybridized carbons (Fsp3) is 0.630. The lowest BCUT2D eigenvalue weighted by molar-refractivity contribution is -0.134. The molecule has 0 aromatic carbocycles. The molecule has 0 spiro atoms. The van der Waals surface area contributed by atoms with Crippen LogP contribution in [0.5, 0.6) is 5.75 Å². The van der Waals surface area contributed by atoms with Gasteiger partial charge in [0.25, 0.3) is 0 Å². The summed E-state index contributed by atoms with van der Waals surface area (Å²) in [7, 11) is 0. The molecule has 0 N–H and O–H groups in total. The van der Waals surface area contributed by atoms with Crippen LogP contribution in [0.1, 0.15) is 76.2 Å². The van der Waals surface area contributed by atoms with E-state index in [0.717, 1.165) is 88.4 Å². The maximum Gasteiger partial charge on any atom is 0.324 e. The van der Waals surface area contributed by atoms with Gasteiger partial charge in [0.1, 0.15) is 5.75 Å². The van der Waals surface area contributed by atoms with Gasteiger partial charge < -0.3 is 19.1 Å². The predicted octanol–water partition coefficient (Wildman–Crippen LogP) is 4.69. The van der Waals surface area contributed by atoms with Gasteiger partial charge in [0.2, 0.25) is 5.91 Å². The van der Waals surface area contributed by atoms with E-state index in [-0.39, 0.29) is 11.8 Å². The monoisotopic (exact) mass is 479 g/mol. The summed E-state index contributed by atoms with van der Waals surface area (Å²) in [6.07, 6.45) is 11.1. The zero-order chi connectivity index (χ0) is 24.2. The zero-order valence-corrected chi connectivity index (χ0v) is 21.0. The highest BCUT2D eigenvalue weighted by molar-refractivity contribution is 5.80. The van der Waals surface area contributed by atoms with Gasteiger partial charge in [-0.05, 0) is 68.6 Å². The third kappa shape index (κ3) is 5.68. The Hall–Kier alpha value is -2.90. The number of likely N-dealkylation sites (tertiary alicyclic amines) is 1. The van der Waals surface area contributed by atoms with E-state index in [0.29, 0.717) is 24.4 Å². The van der Waals surface area contributed by atoms with Gasteiger partial charge in [-0.3, -0.25) is 9.78 Å². The number of anilines is 1. The molecule has 0 saturated carbocycles. The van der Waals surface area contributed by atoms with Gasteiger partial charge in [-0.2, -0.15) is 4.98 Å². The number of rotatable bonds is 7. The molecule has 8 nitrogen and oxygen atoms in total. The van der Waals surface area contributed by atoms with Gasteiger partial charge in [-0.15, -0.1) is 0 Å². The van der Waals surface area contributed by atoms with E-state index in [9.17, 15) is 4.79 Å². The minimum absolute atomic E-state index is 0.142. The Morgan fingerprint density at radius 3 is 2.57 bits per heavy atom. The molecule has 2 aromatic rings. The fourth-order valence-electron chi connectivity index (χ4n) is 5.24. The highest BCUT2D eigenvalue weighted by Gasteiger charge is 2.28. The van der Waals surface area contributed by atoms with Crippen LogP contribution in [-0.4, -0.2) is 58.7 Å². The van der Waals surface area contributed by atoms with E-state index in [2.05, 4.69) is 39.9 Å². The molecule has 5 rings (SSSR count). The maximum absolute atomic E-state index is 12.7. The molecule has 4 heterocycles. The van der Waals surface area contributed by atoms with Crippen molar-refractivity contribution in [3.8, 4) is 5.75 Å². The van der Waals surface area contributed by atoms with Crippen LogP contribution in [0.25, 0.3) is 5.57 Å². The number of aromatic nitrogens is 3. The molecule has 1 amide bonds. The minimum Gasteiger partial charge on any atom is -0.492 e. The summed E-state index contributed by atoms with van der Waals surface area (Å²) in [5.74, 6) is 2.84. The molecule has 1 atom stereocenters. The Morgan fingerprint density at radius 1 is 1.14 bits per heavy atom. The first-order chi connectivity index (χ1) is 17.1. The van der Waals surface area contributed by atoms with Crippen LogP contribution in [0.4, 0.5) is 6.01 Å². The number of piperidine rings is 1. The van der Waals surface area contributed by atoms with Crippen LogP contribution in [0.2, 0.25) is 0 Å². The summed E-state index contributed by atoms with van der Waals surface area (Å²) in [6.45, 7) is 8.51. The number of nitrogens with zero attached hydrogens (tertiary/aromatic N) is 5. The van der Waals surface area contributed by atoms with E-state index >= 15 is 0 Å². The number of pyridine rings is 1. The molecule has 35 heavy (non-hydrogen) atoms. The molecule has 188 valence electrons. The molecule has 2 aromatic heterocycles. The van der Waals surface area contributed by atoms with Crippen molar-refractivity contribution in [2.75, 3.05) is 37.7 Å². The summed E-state index contributed by atoms with van der Waals surface area (Å²) < 4.78 is 11.5. The first-order valence-corrected chi connectivity index (χ1v) is 13.2. The summed E-state index contributed by atoms with van der Waals surface area (Å²) in [6, 6.07) is 4.71. The molecular formula is C27H37N5O3. The lowest BCUT2D eigenvalue weighted by Gasteiger charge is -2.30. The van der Waals surface area contributed by atoms with Gasteiger partial charge in [-0.25, -0.2) is 0 Å². The Morgan fingerprint density at radius 2 is 1.94 bits per heavy atom. The second-order valence-corrected chi connectivity index (χ2v) is 10.4. The summed E-state index contributed by atoms with van der Waals surface area (Å²) in [5.41, 5.74) is 2.24. The largest absolute Gasteiger partial charge is 0.492 e. The van der Waals surface area contributed by atoms with Crippen molar-refractivity contribution in [3.63, 3.8) is 0 Å². The van der Waals surface area contributed by atoms with Gasteiger partial charge >= 0.3 is 6.01 Å². The highest BCUT2D eigenvalue weighted by Crippen LogP contribution is 2.32. The number of allylic oxidation sites excluding steroid dienone is 2. The van der Waals surface area contributed by atoms with E-state index in [1.54, 1.807) is 0 Å². The first kappa shape index (κ1) is 23.8. The topological polar surface area (TPSA) is 84.6 Å². The van der Waals surface area contributed by atoms with E-state index in [1.807, 2.05) is 23.2 Å². The molecule has 3 aliphatic rings. The van der Waals surface area contributed by atoms with E-state index in [4.69, 9.17) is 9.26 Å². The second-order valence-electron chi connectivity index (χ2n) is 10.4. The van der Waals surface area contributed by atoms with Crippen molar-refractivity contribution in [2.24, 2.45) is 11.8 Å². The molecule has 2 aliphatic heterocycles. The third-order valence-electron chi connectivity index (χ3n) is 7.56. The normalized spacial score (nSPS) is 21.5. The summed E-state index contributed by atoms with van der Waals surface area (Å²) in [5, 5.41) is 4.07. The fourth-order valence-corrected chi connectivity index (χ4v) is 5.24. The van der Waals surface area contributed by atoms with Gasteiger partial charge in [0, 0.05) is 38.0 Å². The summed E-state index contributed by atoms with van der Waals surface area (Å²) in [4.78, 5) is 26.0. The molecular weight excluding hydrogens is 442 g/mol. The van der Waals surface area contributed by atoms with Crippen LogP contribution in [0, 0.1) is 11.8 Å². The number of amides is 1. The maximum atomic E-state index is 12.7. The Bertz CT molecular complexity index is 1020. The average Bonchev–Trinajstić information content (AvgIpc) is 3.61. The molecule has 0 radical (unpaired) electrons. The van der Waals surface area contributed by atoms with Crippen molar-refractivity contribution >= 4 is 17.5 Å². The van der Waals surface area contributed by atoms with Crippen molar-refractivity contribution in [3.05, 3.63) is 35.9 Å². The van der Waals surface area contributed by atoms with Crippen LogP contribution in [0.15, 0.2) is 28.9 Å². The number of carbonyl (C=O) groups is 1. The molecule has 0 bridgehead atoms. The highest BCUT2D eigenvalue weighted by atomic mass is 16.5. The lowest BCUT2D eigenvalue weighted by atomic mass is 9.87.